The van der Waals surface area contributed by atoms with E-state index in [0.717, 1.165) is 11.3 Å². The molecule has 0 radical (unpaired) electrons. The summed E-state index contributed by atoms with van der Waals surface area (Å²) in [6.07, 6.45) is 0. The average molecular weight is 320 g/mol. The summed E-state index contributed by atoms with van der Waals surface area (Å²) in [6.45, 7) is 1.96. The molecule has 106 valence electrons. The normalized spacial score (nSPS) is 10.8. The van der Waals surface area contributed by atoms with Crippen molar-refractivity contribution in [2.45, 2.75) is 6.92 Å². The van der Waals surface area contributed by atoms with Gasteiger partial charge in [0.1, 0.15) is 0 Å². The zero-order valence-corrected chi connectivity index (χ0v) is 12.6. The van der Waals surface area contributed by atoms with Crippen molar-refractivity contribution in [1.82, 2.24) is 20.2 Å². The molecule has 5 nitrogen and oxygen atoms in total. The molecule has 0 saturated carbocycles. The smallest absolute Gasteiger partial charge is 0.188 e. The largest absolute Gasteiger partial charge is 0.398 e. The summed E-state index contributed by atoms with van der Waals surface area (Å²) >= 11 is 12.3. The van der Waals surface area contributed by atoms with Crippen LogP contribution in [-0.2, 0) is 0 Å². The number of nitrogens with two attached hydrogens (primary N) is 1. The summed E-state index contributed by atoms with van der Waals surface area (Å²) in [4.78, 5) is 0. The molecule has 0 spiro atoms. The van der Waals surface area contributed by atoms with Gasteiger partial charge in [0.2, 0.25) is 0 Å². The van der Waals surface area contributed by atoms with Crippen LogP contribution in [-0.4, -0.2) is 20.2 Å². The second kappa shape index (κ2) is 5.35. The van der Waals surface area contributed by atoms with Gasteiger partial charge in [0.25, 0.3) is 0 Å². The first-order valence-corrected chi connectivity index (χ1v) is 6.93. The maximum absolute atomic E-state index is 6.26. The van der Waals surface area contributed by atoms with Gasteiger partial charge >= 0.3 is 0 Å². The zero-order valence-electron chi connectivity index (χ0n) is 11.1. The van der Waals surface area contributed by atoms with Gasteiger partial charge in [-0.25, -0.2) is 0 Å². The number of anilines is 1. The van der Waals surface area contributed by atoms with Gasteiger partial charge in [-0.1, -0.05) is 35.3 Å². The van der Waals surface area contributed by atoms with Gasteiger partial charge in [0, 0.05) is 10.6 Å². The third-order valence-electron chi connectivity index (χ3n) is 3.14. The Kier molecular flexibility index (Phi) is 3.53. The fourth-order valence-corrected chi connectivity index (χ4v) is 2.43. The van der Waals surface area contributed by atoms with Crippen LogP contribution in [0.4, 0.5) is 5.69 Å². The monoisotopic (exact) mass is 319 g/mol. The van der Waals surface area contributed by atoms with Crippen molar-refractivity contribution in [3.05, 3.63) is 52.0 Å². The maximum Gasteiger partial charge on any atom is 0.188 e. The molecule has 0 fully saturated rings. The quantitative estimate of drug-likeness (QED) is 0.733. The Bertz CT molecular complexity index is 796. The molecule has 21 heavy (non-hydrogen) atoms. The number of nitrogens with zero attached hydrogens (tertiary/aromatic N) is 4. The van der Waals surface area contributed by atoms with Crippen molar-refractivity contribution < 1.29 is 0 Å². The fraction of sp³-hybridized carbons (Fsp3) is 0.0714. The lowest BCUT2D eigenvalue weighted by Crippen LogP contribution is -2.03. The van der Waals surface area contributed by atoms with Crippen LogP contribution in [0.25, 0.3) is 17.1 Å². The second-order valence-electron chi connectivity index (χ2n) is 4.55. The van der Waals surface area contributed by atoms with Crippen molar-refractivity contribution >= 4 is 28.9 Å². The molecule has 0 aliphatic carbocycles. The number of halogens is 2. The van der Waals surface area contributed by atoms with Gasteiger partial charge in [0.15, 0.2) is 5.82 Å². The molecular formula is C14H11Cl2N5. The molecule has 1 heterocycles. The van der Waals surface area contributed by atoms with E-state index in [1.807, 2.05) is 25.1 Å². The molecule has 7 heteroatoms. The highest BCUT2D eigenvalue weighted by atomic mass is 35.5. The van der Waals surface area contributed by atoms with Crippen LogP contribution in [0.1, 0.15) is 5.56 Å². The van der Waals surface area contributed by atoms with E-state index in [1.165, 1.54) is 0 Å². The zero-order chi connectivity index (χ0) is 15.0. The average Bonchev–Trinajstić information content (AvgIpc) is 2.93. The Hall–Kier alpha value is -2.11. The summed E-state index contributed by atoms with van der Waals surface area (Å²) in [7, 11) is 0. The molecule has 0 atom stereocenters. The summed E-state index contributed by atoms with van der Waals surface area (Å²) in [5.74, 6) is 0.512. The van der Waals surface area contributed by atoms with E-state index in [1.54, 1.807) is 22.9 Å². The van der Waals surface area contributed by atoms with Crippen molar-refractivity contribution in [2.75, 3.05) is 5.73 Å². The lowest BCUT2D eigenvalue weighted by molar-refractivity contribution is 0.787. The maximum atomic E-state index is 6.26. The van der Waals surface area contributed by atoms with Crippen LogP contribution >= 0.6 is 23.2 Å². The third kappa shape index (κ3) is 2.46. The van der Waals surface area contributed by atoms with Crippen molar-refractivity contribution in [3.8, 4) is 17.1 Å². The van der Waals surface area contributed by atoms with Crippen LogP contribution in [0, 0.1) is 6.92 Å². The minimum atomic E-state index is 0.424. The number of benzene rings is 2. The van der Waals surface area contributed by atoms with Gasteiger partial charge < -0.3 is 5.73 Å². The minimum absolute atomic E-state index is 0.424. The van der Waals surface area contributed by atoms with Gasteiger partial charge in [-0.05, 0) is 47.2 Å². The lowest BCUT2D eigenvalue weighted by atomic mass is 10.1. The first-order chi connectivity index (χ1) is 10.1. The number of hydrogen-bond donors (Lipinski definition) is 1. The highest BCUT2D eigenvalue weighted by Crippen LogP contribution is 2.32. The van der Waals surface area contributed by atoms with E-state index in [-0.39, 0.29) is 0 Å². The summed E-state index contributed by atoms with van der Waals surface area (Å²) in [5, 5.41) is 12.9. The second-order valence-corrected chi connectivity index (χ2v) is 5.37. The molecule has 3 aromatic rings. The molecule has 2 aromatic carbocycles. The Morgan fingerprint density at radius 2 is 1.95 bits per heavy atom. The summed E-state index contributed by atoms with van der Waals surface area (Å²) < 4.78 is 1.60. The van der Waals surface area contributed by atoms with E-state index < -0.39 is 0 Å². The molecule has 0 bridgehead atoms. The highest BCUT2D eigenvalue weighted by Gasteiger charge is 2.16. The van der Waals surface area contributed by atoms with E-state index in [2.05, 4.69) is 15.5 Å². The van der Waals surface area contributed by atoms with Crippen LogP contribution in [0.5, 0.6) is 0 Å². The Morgan fingerprint density at radius 1 is 1.14 bits per heavy atom. The molecule has 2 N–H and O–H groups in total. The van der Waals surface area contributed by atoms with E-state index in [4.69, 9.17) is 28.9 Å². The SMILES string of the molecule is Cc1ccc(Cl)cc1-n1nnnc1-c1cccc(N)c1Cl. The minimum Gasteiger partial charge on any atom is -0.398 e. The number of hydrogen-bond acceptors (Lipinski definition) is 4. The van der Waals surface area contributed by atoms with Gasteiger partial charge in [-0.2, -0.15) is 4.68 Å². The Labute approximate surface area is 131 Å². The van der Waals surface area contributed by atoms with Crippen molar-refractivity contribution in [1.29, 1.82) is 0 Å². The fourth-order valence-electron chi connectivity index (χ4n) is 2.05. The molecule has 1 aromatic heterocycles. The highest BCUT2D eigenvalue weighted by molar-refractivity contribution is 6.35. The Balaban J connectivity index is 2.22. The van der Waals surface area contributed by atoms with Crippen LogP contribution in [0.15, 0.2) is 36.4 Å². The predicted octanol–water partition coefficient (Wildman–Crippen LogP) is 3.53. The van der Waals surface area contributed by atoms with Crippen LogP contribution in [0.3, 0.4) is 0 Å². The number of nitrogen functional groups attached to an aromatic ring is 1. The molecule has 3 rings (SSSR count). The van der Waals surface area contributed by atoms with Crippen molar-refractivity contribution in [3.63, 3.8) is 0 Å². The molecule has 0 unspecified atom stereocenters. The first kappa shape index (κ1) is 13.9. The van der Waals surface area contributed by atoms with Gasteiger partial charge in [-0.3, -0.25) is 0 Å². The number of rotatable bonds is 2. The molecular weight excluding hydrogens is 309 g/mol. The number of aromatic nitrogens is 4. The summed E-state index contributed by atoms with van der Waals surface area (Å²) in [6, 6.07) is 10.9. The van der Waals surface area contributed by atoms with Crippen LogP contribution < -0.4 is 5.73 Å². The topological polar surface area (TPSA) is 69.6 Å². The number of tetrazole rings is 1. The summed E-state index contributed by atoms with van der Waals surface area (Å²) in [5.41, 5.74) is 8.77. The first-order valence-electron chi connectivity index (χ1n) is 6.17. The lowest BCUT2D eigenvalue weighted by Gasteiger charge is -2.10. The van der Waals surface area contributed by atoms with E-state index in [0.29, 0.717) is 27.1 Å². The van der Waals surface area contributed by atoms with Gasteiger partial charge in [0.05, 0.1) is 16.4 Å². The molecule has 0 aliphatic heterocycles. The molecule has 0 aliphatic rings. The predicted molar refractivity (Wildman–Crippen MR) is 83.8 cm³/mol. The Morgan fingerprint density at radius 3 is 2.76 bits per heavy atom. The molecule has 0 saturated heterocycles. The van der Waals surface area contributed by atoms with Gasteiger partial charge in [-0.15, -0.1) is 5.10 Å². The standard InChI is InChI=1S/C14H11Cl2N5/c1-8-5-6-9(15)7-12(8)21-14(18-19-20-21)10-3-2-4-11(17)13(10)16/h2-7H,17H2,1H3. The van der Waals surface area contributed by atoms with Crippen LogP contribution in [0.2, 0.25) is 10.0 Å². The van der Waals surface area contributed by atoms with E-state index in [9.17, 15) is 0 Å². The van der Waals surface area contributed by atoms with Crippen molar-refractivity contribution in [2.24, 2.45) is 0 Å². The molecule has 0 amide bonds. The number of aryl methyl sites for hydroxylation is 1. The van der Waals surface area contributed by atoms with E-state index >= 15 is 0 Å². The third-order valence-corrected chi connectivity index (χ3v) is 3.80.